The Morgan fingerprint density at radius 3 is 3.13 bits per heavy atom. The number of nitrogens with zero attached hydrogens (tertiary/aromatic N) is 2. The van der Waals surface area contributed by atoms with Gasteiger partial charge in [0, 0.05) is 23.2 Å². The Bertz CT molecular complexity index is 861. The molecule has 0 radical (unpaired) electrons. The van der Waals surface area contributed by atoms with Crippen LogP contribution in [0.25, 0.3) is 11.0 Å². The molecule has 1 aliphatic rings. The van der Waals surface area contributed by atoms with Crippen molar-refractivity contribution in [1.29, 1.82) is 0 Å². The van der Waals surface area contributed by atoms with Crippen molar-refractivity contribution in [2.75, 3.05) is 12.4 Å². The van der Waals surface area contributed by atoms with E-state index >= 15 is 0 Å². The third kappa shape index (κ3) is 2.79. The highest BCUT2D eigenvalue weighted by Crippen LogP contribution is 2.34. The minimum atomic E-state index is -0.0844. The lowest BCUT2D eigenvalue weighted by Gasteiger charge is -2.02. The molecule has 6 heteroatoms. The van der Waals surface area contributed by atoms with E-state index in [4.69, 9.17) is 9.15 Å². The molecule has 1 N–H and O–H groups in total. The first-order chi connectivity index (χ1) is 11.2. The molecule has 2 aromatic heterocycles. The first kappa shape index (κ1) is 13.9. The molecule has 118 valence electrons. The number of rotatable bonds is 5. The minimum absolute atomic E-state index is 0.0844. The van der Waals surface area contributed by atoms with E-state index in [1.807, 2.05) is 29.1 Å². The molecule has 3 aromatic rings. The summed E-state index contributed by atoms with van der Waals surface area (Å²) < 4.78 is 12.6. The number of carbonyl (C=O) groups excluding carboxylic acids is 1. The smallest absolute Gasteiger partial charge is 0.229 e. The van der Waals surface area contributed by atoms with Gasteiger partial charge >= 0.3 is 0 Å². The number of aromatic nitrogens is 2. The number of fused-ring (bicyclic) bond motifs is 1. The van der Waals surface area contributed by atoms with Gasteiger partial charge in [0.1, 0.15) is 11.3 Å². The number of nitrogens with one attached hydrogen (secondary N) is 1. The zero-order valence-corrected chi connectivity index (χ0v) is 12.8. The van der Waals surface area contributed by atoms with Crippen molar-refractivity contribution in [3.8, 4) is 5.75 Å². The van der Waals surface area contributed by atoms with E-state index in [-0.39, 0.29) is 12.3 Å². The predicted molar refractivity (Wildman–Crippen MR) is 85.6 cm³/mol. The maximum atomic E-state index is 12.2. The Labute approximate surface area is 133 Å². The first-order valence-corrected chi connectivity index (χ1v) is 7.61. The number of hydrogen-bond acceptors (Lipinski definition) is 4. The van der Waals surface area contributed by atoms with Crippen LogP contribution in [0.5, 0.6) is 5.75 Å². The summed E-state index contributed by atoms with van der Waals surface area (Å²) >= 11 is 0. The van der Waals surface area contributed by atoms with Gasteiger partial charge in [-0.1, -0.05) is 0 Å². The van der Waals surface area contributed by atoms with E-state index in [2.05, 4.69) is 10.4 Å². The first-order valence-electron chi connectivity index (χ1n) is 7.61. The molecule has 0 bridgehead atoms. The van der Waals surface area contributed by atoms with Crippen LogP contribution in [0.3, 0.4) is 0 Å². The summed E-state index contributed by atoms with van der Waals surface area (Å²) in [5.74, 6) is 0.647. The zero-order valence-electron chi connectivity index (χ0n) is 12.8. The van der Waals surface area contributed by atoms with Gasteiger partial charge < -0.3 is 14.5 Å². The van der Waals surface area contributed by atoms with E-state index in [0.717, 1.165) is 22.4 Å². The summed E-state index contributed by atoms with van der Waals surface area (Å²) in [6.07, 6.45) is 7.78. The molecular formula is C17H17N3O3. The van der Waals surface area contributed by atoms with Gasteiger partial charge in [-0.3, -0.25) is 9.48 Å². The highest BCUT2D eigenvalue weighted by atomic mass is 16.5. The maximum absolute atomic E-state index is 12.2. The van der Waals surface area contributed by atoms with Crippen LogP contribution < -0.4 is 10.1 Å². The fourth-order valence-corrected chi connectivity index (χ4v) is 2.65. The highest BCUT2D eigenvalue weighted by molar-refractivity contribution is 5.95. The summed E-state index contributed by atoms with van der Waals surface area (Å²) in [6.45, 7) is 0. The van der Waals surface area contributed by atoms with E-state index in [0.29, 0.717) is 11.6 Å². The normalized spacial score (nSPS) is 14.1. The number of furan rings is 1. The van der Waals surface area contributed by atoms with E-state index < -0.39 is 0 Å². The molecule has 0 atom stereocenters. The second-order valence-electron chi connectivity index (χ2n) is 5.79. The number of anilines is 1. The maximum Gasteiger partial charge on any atom is 0.229 e. The molecule has 0 spiro atoms. The average Bonchev–Trinajstić information content (AvgIpc) is 3.19. The van der Waals surface area contributed by atoms with Crippen molar-refractivity contribution >= 4 is 22.6 Å². The summed E-state index contributed by atoms with van der Waals surface area (Å²) in [5.41, 5.74) is 2.31. The Morgan fingerprint density at radius 2 is 2.35 bits per heavy atom. The second-order valence-corrected chi connectivity index (χ2v) is 5.79. The zero-order chi connectivity index (χ0) is 15.8. The monoisotopic (exact) mass is 311 g/mol. The third-order valence-corrected chi connectivity index (χ3v) is 4.02. The van der Waals surface area contributed by atoms with Gasteiger partial charge in [0.05, 0.1) is 37.7 Å². The van der Waals surface area contributed by atoms with E-state index in [1.54, 1.807) is 19.6 Å². The van der Waals surface area contributed by atoms with Crippen LogP contribution in [0.4, 0.5) is 5.69 Å². The third-order valence-electron chi connectivity index (χ3n) is 4.02. The lowest BCUT2D eigenvalue weighted by molar-refractivity contribution is -0.115. The van der Waals surface area contributed by atoms with Crippen molar-refractivity contribution in [2.45, 2.75) is 25.3 Å². The van der Waals surface area contributed by atoms with Crippen LogP contribution in [0, 0.1) is 0 Å². The van der Waals surface area contributed by atoms with Gasteiger partial charge in [-0.05, 0) is 25.0 Å². The topological polar surface area (TPSA) is 69.3 Å². The summed E-state index contributed by atoms with van der Waals surface area (Å²) in [7, 11) is 1.61. The van der Waals surface area contributed by atoms with Crippen LogP contribution in [-0.2, 0) is 11.2 Å². The molecule has 0 aliphatic heterocycles. The van der Waals surface area contributed by atoms with Crippen molar-refractivity contribution in [2.24, 2.45) is 0 Å². The number of methoxy groups -OCH3 is 1. The minimum Gasteiger partial charge on any atom is -0.497 e. The Morgan fingerprint density at radius 1 is 1.48 bits per heavy atom. The molecule has 2 heterocycles. The molecule has 6 nitrogen and oxygen atoms in total. The summed E-state index contributed by atoms with van der Waals surface area (Å²) in [6, 6.07) is 6.09. The van der Waals surface area contributed by atoms with Crippen LogP contribution >= 0.6 is 0 Å². The average molecular weight is 311 g/mol. The summed E-state index contributed by atoms with van der Waals surface area (Å²) in [5, 5.41) is 8.07. The second kappa shape index (κ2) is 5.46. The fraction of sp³-hybridized carbons (Fsp3) is 0.294. The molecule has 1 fully saturated rings. The molecular weight excluding hydrogens is 294 g/mol. The van der Waals surface area contributed by atoms with Crippen molar-refractivity contribution in [3.63, 3.8) is 0 Å². The molecule has 0 unspecified atom stereocenters. The van der Waals surface area contributed by atoms with Crippen LogP contribution in [0.2, 0.25) is 0 Å². The van der Waals surface area contributed by atoms with Gasteiger partial charge in [0.2, 0.25) is 5.91 Å². The molecule has 4 rings (SSSR count). The SMILES string of the molecule is COc1ccc2c(CC(=O)Nc3cnn(C4CC4)c3)coc2c1. The lowest BCUT2D eigenvalue weighted by Crippen LogP contribution is -2.13. The number of benzene rings is 1. The molecule has 1 saturated carbocycles. The predicted octanol–water partition coefficient (Wildman–Crippen LogP) is 3.15. The highest BCUT2D eigenvalue weighted by Gasteiger charge is 2.24. The number of ether oxygens (including phenoxy) is 1. The Balaban J connectivity index is 1.47. The van der Waals surface area contributed by atoms with Gasteiger partial charge in [0.25, 0.3) is 0 Å². The Hall–Kier alpha value is -2.76. The van der Waals surface area contributed by atoms with Crippen LogP contribution in [0.15, 0.2) is 41.3 Å². The van der Waals surface area contributed by atoms with Gasteiger partial charge in [0.15, 0.2) is 0 Å². The van der Waals surface area contributed by atoms with Gasteiger partial charge in [-0.25, -0.2) is 0 Å². The van der Waals surface area contributed by atoms with Crippen molar-refractivity contribution in [1.82, 2.24) is 9.78 Å². The molecule has 1 aliphatic carbocycles. The fourth-order valence-electron chi connectivity index (χ4n) is 2.65. The van der Waals surface area contributed by atoms with Crippen molar-refractivity contribution < 1.29 is 13.9 Å². The van der Waals surface area contributed by atoms with Gasteiger partial charge in [-0.15, -0.1) is 0 Å². The number of amides is 1. The summed E-state index contributed by atoms with van der Waals surface area (Å²) in [4.78, 5) is 12.2. The molecule has 23 heavy (non-hydrogen) atoms. The van der Waals surface area contributed by atoms with Crippen LogP contribution in [-0.4, -0.2) is 22.8 Å². The molecule has 1 amide bonds. The number of carbonyl (C=O) groups is 1. The van der Waals surface area contributed by atoms with Gasteiger partial charge in [-0.2, -0.15) is 5.10 Å². The Kier molecular flexibility index (Phi) is 3.29. The largest absolute Gasteiger partial charge is 0.497 e. The molecule has 0 saturated heterocycles. The van der Waals surface area contributed by atoms with E-state index in [1.165, 1.54) is 12.8 Å². The number of hydrogen-bond donors (Lipinski definition) is 1. The van der Waals surface area contributed by atoms with Crippen molar-refractivity contribution in [3.05, 3.63) is 42.4 Å². The standard InChI is InChI=1S/C17H17N3O3/c1-22-14-4-5-15-11(10-23-16(15)7-14)6-17(21)19-12-8-18-20(9-12)13-2-3-13/h4-5,7-10,13H,2-3,6H2,1H3,(H,19,21). The van der Waals surface area contributed by atoms with Crippen LogP contribution in [0.1, 0.15) is 24.4 Å². The lowest BCUT2D eigenvalue weighted by atomic mass is 10.1. The van der Waals surface area contributed by atoms with E-state index in [9.17, 15) is 4.79 Å². The molecule has 1 aromatic carbocycles. The quantitative estimate of drug-likeness (QED) is 0.786.